The van der Waals surface area contributed by atoms with Crippen LogP contribution in [0.25, 0.3) is 22.3 Å². The number of fused-ring (bicyclic) bond motifs is 2. The zero-order valence-corrected chi connectivity index (χ0v) is 17.4. The van der Waals surface area contributed by atoms with Crippen LogP contribution in [0.4, 0.5) is 13.2 Å². The summed E-state index contributed by atoms with van der Waals surface area (Å²) in [6, 6.07) is 14.2. The highest BCUT2D eigenvalue weighted by atomic mass is 35.5. The van der Waals surface area contributed by atoms with Gasteiger partial charge in [-0.15, -0.1) is 0 Å². The van der Waals surface area contributed by atoms with Gasteiger partial charge in [-0.1, -0.05) is 35.9 Å². The summed E-state index contributed by atoms with van der Waals surface area (Å²) in [4.78, 5) is 17.6. The SMILES string of the molecule is O=c1c2ccccc2nc(-c2cccc(C(F)(F)F)c2)n1N=Cc1cc2c(cc1Cl)OCO2. The molecule has 0 aliphatic carbocycles. The molecule has 0 saturated heterocycles. The van der Waals surface area contributed by atoms with Crippen molar-refractivity contribution < 1.29 is 22.6 Å². The van der Waals surface area contributed by atoms with E-state index in [4.69, 9.17) is 21.1 Å². The van der Waals surface area contributed by atoms with E-state index >= 15 is 0 Å². The fraction of sp³-hybridized carbons (Fsp3) is 0.0870. The van der Waals surface area contributed by atoms with Crippen molar-refractivity contribution in [3.8, 4) is 22.9 Å². The Hall–Kier alpha value is -3.85. The first-order chi connectivity index (χ1) is 15.8. The Morgan fingerprint density at radius 3 is 2.58 bits per heavy atom. The first-order valence-electron chi connectivity index (χ1n) is 9.64. The summed E-state index contributed by atoms with van der Waals surface area (Å²) in [6.07, 6.45) is -3.24. The summed E-state index contributed by atoms with van der Waals surface area (Å²) >= 11 is 6.28. The molecule has 6 nitrogen and oxygen atoms in total. The third-order valence-electron chi connectivity index (χ3n) is 5.01. The van der Waals surface area contributed by atoms with Crippen molar-refractivity contribution in [3.05, 3.63) is 87.2 Å². The van der Waals surface area contributed by atoms with Crippen LogP contribution in [-0.4, -0.2) is 22.7 Å². The van der Waals surface area contributed by atoms with Gasteiger partial charge in [0.05, 0.1) is 27.7 Å². The van der Waals surface area contributed by atoms with Gasteiger partial charge < -0.3 is 9.47 Å². The van der Waals surface area contributed by atoms with Crippen molar-refractivity contribution in [3.63, 3.8) is 0 Å². The van der Waals surface area contributed by atoms with E-state index in [0.29, 0.717) is 27.6 Å². The number of hydrogen-bond acceptors (Lipinski definition) is 5. The van der Waals surface area contributed by atoms with Gasteiger partial charge in [0.1, 0.15) is 0 Å². The van der Waals surface area contributed by atoms with Crippen molar-refractivity contribution in [1.29, 1.82) is 0 Å². The van der Waals surface area contributed by atoms with E-state index < -0.39 is 17.3 Å². The van der Waals surface area contributed by atoms with Gasteiger partial charge in [-0.3, -0.25) is 4.79 Å². The minimum atomic E-state index is -4.55. The third-order valence-corrected chi connectivity index (χ3v) is 5.33. The normalized spacial score (nSPS) is 13.2. The Morgan fingerprint density at radius 2 is 1.79 bits per heavy atom. The van der Waals surface area contributed by atoms with Crippen LogP contribution in [-0.2, 0) is 6.18 Å². The van der Waals surface area contributed by atoms with Gasteiger partial charge in [0.2, 0.25) is 6.79 Å². The average Bonchev–Trinajstić information content (AvgIpc) is 3.25. The Bertz CT molecular complexity index is 1480. The average molecular weight is 472 g/mol. The molecule has 5 rings (SSSR count). The van der Waals surface area contributed by atoms with Gasteiger partial charge in [-0.25, -0.2) is 4.98 Å². The number of benzene rings is 3. The molecule has 0 unspecified atom stereocenters. The number of nitrogens with zero attached hydrogens (tertiary/aromatic N) is 3. The van der Waals surface area contributed by atoms with Crippen molar-refractivity contribution in [1.82, 2.24) is 9.66 Å². The van der Waals surface area contributed by atoms with Crippen LogP contribution in [0.15, 0.2) is 70.6 Å². The summed E-state index contributed by atoms with van der Waals surface area (Å²) in [5, 5.41) is 4.80. The molecule has 166 valence electrons. The van der Waals surface area contributed by atoms with Gasteiger partial charge >= 0.3 is 6.18 Å². The molecule has 1 aromatic heterocycles. The second-order valence-corrected chi connectivity index (χ2v) is 7.53. The predicted octanol–water partition coefficient (Wildman–Crippen LogP) is 5.35. The summed E-state index contributed by atoms with van der Waals surface area (Å²) in [6.45, 7) is 0.0556. The van der Waals surface area contributed by atoms with Crippen LogP contribution < -0.4 is 15.0 Å². The Balaban J connectivity index is 1.70. The van der Waals surface area contributed by atoms with Crippen LogP contribution in [0.2, 0.25) is 5.02 Å². The van der Waals surface area contributed by atoms with Crippen LogP contribution in [0.1, 0.15) is 11.1 Å². The van der Waals surface area contributed by atoms with Gasteiger partial charge in [-0.2, -0.15) is 22.9 Å². The van der Waals surface area contributed by atoms with Gasteiger partial charge in [-0.05, 0) is 30.3 Å². The molecule has 0 amide bonds. The summed E-state index contributed by atoms with van der Waals surface area (Å²) in [5.41, 5.74) is -0.557. The third kappa shape index (κ3) is 3.91. The number of rotatable bonds is 3. The molecule has 1 aliphatic rings. The Morgan fingerprint density at radius 1 is 1.03 bits per heavy atom. The molecule has 33 heavy (non-hydrogen) atoms. The zero-order chi connectivity index (χ0) is 23.2. The molecule has 3 aromatic carbocycles. The molecule has 0 radical (unpaired) electrons. The van der Waals surface area contributed by atoms with Gasteiger partial charge in [0.25, 0.3) is 5.56 Å². The highest BCUT2D eigenvalue weighted by Crippen LogP contribution is 2.36. The van der Waals surface area contributed by atoms with Crippen molar-refractivity contribution in [2.24, 2.45) is 5.10 Å². The van der Waals surface area contributed by atoms with Crippen LogP contribution >= 0.6 is 11.6 Å². The van der Waals surface area contributed by atoms with E-state index in [0.717, 1.165) is 16.8 Å². The lowest BCUT2D eigenvalue weighted by Gasteiger charge is -2.12. The fourth-order valence-electron chi connectivity index (χ4n) is 3.40. The number of halogens is 4. The van der Waals surface area contributed by atoms with E-state index in [9.17, 15) is 18.0 Å². The molecule has 1 aliphatic heterocycles. The number of hydrogen-bond donors (Lipinski definition) is 0. The van der Waals surface area contributed by atoms with E-state index in [-0.39, 0.29) is 23.6 Å². The maximum atomic E-state index is 13.3. The van der Waals surface area contributed by atoms with Crippen LogP contribution in [0.5, 0.6) is 11.5 Å². The Kier molecular flexibility index (Phi) is 5.05. The Labute approximate surface area is 189 Å². The van der Waals surface area contributed by atoms with Gasteiger partial charge in [0.15, 0.2) is 17.3 Å². The van der Waals surface area contributed by atoms with Gasteiger partial charge in [0, 0.05) is 17.2 Å². The molecule has 0 N–H and O–H groups in total. The highest BCUT2D eigenvalue weighted by molar-refractivity contribution is 6.33. The molecule has 0 fully saturated rings. The fourth-order valence-corrected chi connectivity index (χ4v) is 3.61. The molecule has 0 bridgehead atoms. The lowest BCUT2D eigenvalue weighted by atomic mass is 10.1. The standard InChI is InChI=1S/C23H13ClF3N3O3/c24-17-10-20-19(32-12-33-20)9-14(17)11-28-30-21(13-4-3-5-15(8-13)23(25,26)27)29-18-7-2-1-6-16(18)22(30)31/h1-11H,12H2. The molecule has 0 saturated carbocycles. The van der Waals surface area contributed by atoms with E-state index in [2.05, 4.69) is 10.1 Å². The maximum absolute atomic E-state index is 13.3. The first-order valence-corrected chi connectivity index (χ1v) is 10.0. The predicted molar refractivity (Wildman–Crippen MR) is 117 cm³/mol. The lowest BCUT2D eigenvalue weighted by Crippen LogP contribution is -2.20. The van der Waals surface area contributed by atoms with Crippen LogP contribution in [0, 0.1) is 0 Å². The second-order valence-electron chi connectivity index (χ2n) is 7.12. The summed E-state index contributed by atoms with van der Waals surface area (Å²) < 4.78 is 51.4. The smallest absolute Gasteiger partial charge is 0.416 e. The van der Waals surface area contributed by atoms with Crippen LogP contribution in [0.3, 0.4) is 0 Å². The minimum absolute atomic E-state index is 0.0436. The van der Waals surface area contributed by atoms with Crippen molar-refractivity contribution >= 4 is 28.7 Å². The number of aromatic nitrogens is 2. The van der Waals surface area contributed by atoms with Crippen molar-refractivity contribution in [2.75, 3.05) is 6.79 Å². The molecule has 0 spiro atoms. The van der Waals surface area contributed by atoms with E-state index in [1.807, 2.05) is 0 Å². The minimum Gasteiger partial charge on any atom is -0.454 e. The molecular formula is C23H13ClF3N3O3. The van der Waals surface area contributed by atoms with E-state index in [1.165, 1.54) is 18.3 Å². The topological polar surface area (TPSA) is 65.7 Å². The van der Waals surface area contributed by atoms with E-state index in [1.54, 1.807) is 36.4 Å². The lowest BCUT2D eigenvalue weighted by molar-refractivity contribution is -0.137. The monoisotopic (exact) mass is 471 g/mol. The number of ether oxygens (including phenoxy) is 2. The highest BCUT2D eigenvalue weighted by Gasteiger charge is 2.31. The number of para-hydroxylation sites is 1. The molecule has 0 atom stereocenters. The second kappa shape index (κ2) is 7.93. The maximum Gasteiger partial charge on any atom is 0.416 e. The zero-order valence-electron chi connectivity index (χ0n) is 16.6. The number of alkyl halides is 3. The first kappa shape index (κ1) is 21.0. The molecule has 10 heteroatoms. The van der Waals surface area contributed by atoms with Crippen molar-refractivity contribution in [2.45, 2.75) is 6.18 Å². The molecule has 4 aromatic rings. The molecular weight excluding hydrogens is 459 g/mol. The summed E-state index contributed by atoms with van der Waals surface area (Å²) in [7, 11) is 0. The molecule has 2 heterocycles. The summed E-state index contributed by atoms with van der Waals surface area (Å²) in [5.74, 6) is 0.896. The largest absolute Gasteiger partial charge is 0.454 e. The quantitative estimate of drug-likeness (QED) is 0.378.